The molecule has 0 aliphatic carbocycles. The van der Waals surface area contributed by atoms with Crippen molar-refractivity contribution in [3.05, 3.63) is 6.20 Å². The van der Waals surface area contributed by atoms with E-state index in [2.05, 4.69) is 49.6 Å². The molecule has 1 aliphatic rings. The maximum Gasteiger partial charge on any atom is 0.407 e. The Labute approximate surface area is 133 Å². The highest BCUT2D eigenvalue weighted by molar-refractivity contribution is 6.88. The molecule has 22 heavy (non-hydrogen) atoms. The van der Waals surface area contributed by atoms with Crippen molar-refractivity contribution in [1.82, 2.24) is 19.9 Å². The Kier molecular flexibility index (Phi) is 4.51. The zero-order valence-electron chi connectivity index (χ0n) is 14.2. The van der Waals surface area contributed by atoms with E-state index in [4.69, 9.17) is 4.43 Å². The van der Waals surface area contributed by atoms with E-state index in [0.717, 1.165) is 5.32 Å². The van der Waals surface area contributed by atoms with E-state index in [1.807, 2.05) is 6.20 Å². The van der Waals surface area contributed by atoms with E-state index in [9.17, 15) is 9.90 Å². The van der Waals surface area contributed by atoms with Crippen molar-refractivity contribution in [1.29, 1.82) is 0 Å². The van der Waals surface area contributed by atoms with Crippen LogP contribution in [0.3, 0.4) is 0 Å². The molecule has 0 bridgehead atoms. The SMILES string of the molecule is C[Si](C)(C)OC1CN(C(=O)O)CC1n1cc([Si](C)(C)C)nn1. The zero-order valence-corrected chi connectivity index (χ0v) is 16.2. The molecule has 1 saturated heterocycles. The van der Waals surface area contributed by atoms with Crippen molar-refractivity contribution in [3.63, 3.8) is 0 Å². The van der Waals surface area contributed by atoms with E-state index in [0.29, 0.717) is 13.1 Å². The molecule has 0 aromatic carbocycles. The number of nitrogens with zero attached hydrogens (tertiary/aromatic N) is 4. The predicted octanol–water partition coefficient (Wildman–Crippen LogP) is 1.58. The Balaban J connectivity index is 2.25. The molecule has 124 valence electrons. The molecule has 2 atom stereocenters. The fourth-order valence-corrected chi connectivity index (χ4v) is 4.52. The minimum atomic E-state index is -1.76. The van der Waals surface area contributed by atoms with Gasteiger partial charge in [0.25, 0.3) is 0 Å². The lowest BCUT2D eigenvalue weighted by atomic mass is 10.2. The summed E-state index contributed by atoms with van der Waals surface area (Å²) in [5.41, 5.74) is 0. The monoisotopic (exact) mass is 342 g/mol. The van der Waals surface area contributed by atoms with Gasteiger partial charge in [-0.25, -0.2) is 9.48 Å². The van der Waals surface area contributed by atoms with Crippen molar-refractivity contribution < 1.29 is 14.3 Å². The van der Waals surface area contributed by atoms with Crippen LogP contribution in [0.2, 0.25) is 39.3 Å². The van der Waals surface area contributed by atoms with Crippen molar-refractivity contribution in [3.8, 4) is 0 Å². The first-order valence-corrected chi connectivity index (χ1v) is 14.5. The van der Waals surface area contributed by atoms with Gasteiger partial charge in [-0.2, -0.15) is 0 Å². The van der Waals surface area contributed by atoms with Gasteiger partial charge in [0.15, 0.2) is 8.32 Å². The summed E-state index contributed by atoms with van der Waals surface area (Å²) in [7, 11) is -3.29. The summed E-state index contributed by atoms with van der Waals surface area (Å²) in [6, 6.07) is -0.0968. The normalized spacial score (nSPS) is 23.1. The Hall–Kier alpha value is -1.20. The summed E-state index contributed by atoms with van der Waals surface area (Å²) in [6.45, 7) is 13.8. The van der Waals surface area contributed by atoms with Crippen LogP contribution in [0, 0.1) is 0 Å². The topological polar surface area (TPSA) is 80.5 Å². The number of hydrogen-bond acceptors (Lipinski definition) is 4. The third-order valence-electron chi connectivity index (χ3n) is 3.63. The zero-order chi connectivity index (χ0) is 16.7. The fraction of sp³-hybridized carbons (Fsp3) is 0.769. The molecule has 1 aliphatic heterocycles. The van der Waals surface area contributed by atoms with E-state index in [1.165, 1.54) is 4.90 Å². The number of rotatable bonds is 4. The van der Waals surface area contributed by atoms with Gasteiger partial charge in [0.2, 0.25) is 0 Å². The first-order valence-electron chi connectivity index (χ1n) is 7.55. The second-order valence-electron chi connectivity index (χ2n) is 7.86. The lowest BCUT2D eigenvalue weighted by Gasteiger charge is -2.26. The van der Waals surface area contributed by atoms with E-state index >= 15 is 0 Å². The minimum Gasteiger partial charge on any atom is -0.465 e. The first kappa shape index (κ1) is 17.2. The Bertz CT molecular complexity index is 550. The van der Waals surface area contributed by atoms with Crippen LogP contribution in [-0.2, 0) is 4.43 Å². The summed E-state index contributed by atoms with van der Waals surface area (Å²) in [5, 5.41) is 18.9. The highest BCUT2D eigenvalue weighted by Crippen LogP contribution is 2.26. The molecule has 9 heteroatoms. The molecule has 2 heterocycles. The second kappa shape index (κ2) is 5.78. The van der Waals surface area contributed by atoms with E-state index in [1.54, 1.807) is 4.68 Å². The number of likely N-dealkylation sites (tertiary alicyclic amines) is 1. The lowest BCUT2D eigenvalue weighted by Crippen LogP contribution is -2.39. The number of aromatic nitrogens is 3. The highest BCUT2D eigenvalue weighted by Gasteiger charge is 2.40. The molecule has 0 radical (unpaired) electrons. The molecule has 1 fully saturated rings. The molecule has 7 nitrogen and oxygen atoms in total. The summed E-state index contributed by atoms with van der Waals surface area (Å²) in [5.74, 6) is 0. The standard InChI is InChI=1S/C13H26N4O3Si2/c1-21(2,3)12-9-17(15-14-12)10-7-16(13(18)19)8-11(10)20-22(4,5)6/h9-11H,7-8H2,1-6H3,(H,18,19). The Morgan fingerprint density at radius 2 is 1.91 bits per heavy atom. The van der Waals surface area contributed by atoms with Crippen molar-refractivity contribution >= 4 is 27.8 Å². The number of hydrogen-bond donors (Lipinski definition) is 1. The van der Waals surface area contributed by atoms with Gasteiger partial charge >= 0.3 is 6.09 Å². The maximum absolute atomic E-state index is 11.3. The molecule has 2 unspecified atom stereocenters. The van der Waals surface area contributed by atoms with Gasteiger partial charge in [-0.1, -0.05) is 24.9 Å². The van der Waals surface area contributed by atoms with E-state index < -0.39 is 22.5 Å². The highest BCUT2D eigenvalue weighted by atomic mass is 28.4. The van der Waals surface area contributed by atoms with Gasteiger partial charge in [-0.15, -0.1) is 5.10 Å². The first-order chi connectivity index (χ1) is 9.97. The third-order valence-corrected chi connectivity index (χ3v) is 6.41. The average molecular weight is 343 g/mol. The van der Waals surface area contributed by atoms with Crippen LogP contribution in [0.5, 0.6) is 0 Å². The quantitative estimate of drug-likeness (QED) is 0.840. The molecule has 0 saturated carbocycles. The Morgan fingerprint density at radius 3 is 2.36 bits per heavy atom. The van der Waals surface area contributed by atoms with Crippen LogP contribution in [0.25, 0.3) is 0 Å². The number of carbonyl (C=O) groups is 1. The van der Waals surface area contributed by atoms with Crippen molar-refractivity contribution in [2.75, 3.05) is 13.1 Å². The van der Waals surface area contributed by atoms with Crippen LogP contribution >= 0.6 is 0 Å². The largest absolute Gasteiger partial charge is 0.465 e. The fourth-order valence-electron chi connectivity index (χ4n) is 2.52. The molecule has 2 rings (SSSR count). The van der Waals surface area contributed by atoms with Crippen LogP contribution < -0.4 is 5.32 Å². The maximum atomic E-state index is 11.3. The number of amides is 1. The van der Waals surface area contributed by atoms with Crippen LogP contribution in [-0.4, -0.2) is 66.7 Å². The van der Waals surface area contributed by atoms with Crippen molar-refractivity contribution in [2.24, 2.45) is 0 Å². The van der Waals surface area contributed by atoms with Gasteiger partial charge < -0.3 is 14.4 Å². The molecular weight excluding hydrogens is 316 g/mol. The smallest absolute Gasteiger partial charge is 0.407 e. The summed E-state index contributed by atoms with van der Waals surface area (Å²) < 4.78 is 8.00. The van der Waals surface area contributed by atoms with Gasteiger partial charge in [-0.05, 0) is 19.6 Å². The van der Waals surface area contributed by atoms with Gasteiger partial charge in [-0.3, -0.25) is 0 Å². The Morgan fingerprint density at radius 1 is 1.27 bits per heavy atom. The lowest BCUT2D eigenvalue weighted by molar-refractivity contribution is 0.140. The summed E-state index contributed by atoms with van der Waals surface area (Å²) in [4.78, 5) is 12.7. The molecule has 1 N–H and O–H groups in total. The second-order valence-corrected chi connectivity index (χ2v) is 17.3. The molecule has 1 amide bonds. The molecular formula is C13H26N4O3Si2. The average Bonchev–Trinajstić information content (AvgIpc) is 2.91. The van der Waals surface area contributed by atoms with Crippen LogP contribution in [0.4, 0.5) is 4.79 Å². The van der Waals surface area contributed by atoms with Gasteiger partial charge in [0, 0.05) is 12.7 Å². The summed E-state index contributed by atoms with van der Waals surface area (Å²) in [6.07, 6.45) is 0.916. The van der Waals surface area contributed by atoms with Gasteiger partial charge in [0.05, 0.1) is 24.0 Å². The third kappa shape index (κ3) is 3.96. The molecule has 1 aromatic heterocycles. The van der Waals surface area contributed by atoms with Crippen LogP contribution in [0.15, 0.2) is 6.20 Å². The minimum absolute atomic E-state index is 0.0968. The van der Waals surface area contributed by atoms with Crippen molar-refractivity contribution in [2.45, 2.75) is 51.4 Å². The summed E-state index contributed by atoms with van der Waals surface area (Å²) >= 11 is 0. The van der Waals surface area contributed by atoms with Crippen LogP contribution in [0.1, 0.15) is 6.04 Å². The molecule has 1 aromatic rings. The van der Waals surface area contributed by atoms with E-state index in [-0.39, 0.29) is 12.1 Å². The predicted molar refractivity (Wildman–Crippen MR) is 89.9 cm³/mol. The van der Waals surface area contributed by atoms with Gasteiger partial charge in [0.1, 0.15) is 8.07 Å². The number of carboxylic acid groups (broad SMARTS) is 1. The molecule has 0 spiro atoms.